The molecule has 0 saturated heterocycles. The minimum absolute atomic E-state index is 0.198. The number of benzene rings is 2. The van der Waals surface area contributed by atoms with E-state index in [0.29, 0.717) is 0 Å². The molecule has 0 saturated carbocycles. The molecule has 0 aromatic heterocycles. The summed E-state index contributed by atoms with van der Waals surface area (Å²) < 4.78 is 0. The highest BCUT2D eigenvalue weighted by Crippen LogP contribution is 2.19. The first-order chi connectivity index (χ1) is 10.1. The molecule has 2 atom stereocenters. The van der Waals surface area contributed by atoms with Crippen molar-refractivity contribution in [2.24, 2.45) is 0 Å². The van der Waals surface area contributed by atoms with Crippen LogP contribution in [0.1, 0.15) is 34.5 Å². The maximum Gasteiger partial charge on any atom is 0.0925 e. The van der Waals surface area contributed by atoms with Gasteiger partial charge in [0.15, 0.2) is 0 Å². The second-order valence-corrected chi connectivity index (χ2v) is 5.62. The minimum atomic E-state index is -0.614. The van der Waals surface area contributed by atoms with Gasteiger partial charge in [0.05, 0.1) is 24.0 Å². The molecule has 2 aromatic carbocycles. The van der Waals surface area contributed by atoms with Crippen LogP contribution in [-0.4, -0.2) is 22.0 Å². The van der Waals surface area contributed by atoms with E-state index < -0.39 is 12.2 Å². The number of alkyl halides is 2. The van der Waals surface area contributed by atoms with Gasteiger partial charge >= 0.3 is 0 Å². The van der Waals surface area contributed by atoms with Gasteiger partial charge < -0.3 is 10.2 Å². The van der Waals surface area contributed by atoms with E-state index in [0.717, 1.165) is 28.7 Å². The fourth-order valence-electron chi connectivity index (χ4n) is 2.13. The number of rotatable bonds is 6. The fourth-order valence-corrected chi connectivity index (χ4v) is 2.49. The molecule has 112 valence electrons. The van der Waals surface area contributed by atoms with Crippen LogP contribution in [0.3, 0.4) is 0 Å². The molecule has 0 fully saturated rings. The molecule has 0 heterocycles. The van der Waals surface area contributed by atoms with Crippen molar-refractivity contribution in [1.82, 2.24) is 0 Å². The summed E-state index contributed by atoms with van der Waals surface area (Å²) in [7, 11) is 0. The molecule has 0 aliphatic carbocycles. The van der Waals surface area contributed by atoms with Gasteiger partial charge in [0.1, 0.15) is 0 Å². The minimum Gasteiger partial charge on any atom is -0.387 e. The Labute approximate surface area is 135 Å². The topological polar surface area (TPSA) is 40.5 Å². The fraction of sp³-hybridized carbons (Fsp3) is 0.294. The van der Waals surface area contributed by atoms with Gasteiger partial charge in [-0.25, -0.2) is 0 Å². The summed E-state index contributed by atoms with van der Waals surface area (Å²) >= 11 is 11.3. The van der Waals surface area contributed by atoms with E-state index in [1.165, 1.54) is 0 Å². The molecule has 0 bridgehead atoms. The molecule has 21 heavy (non-hydrogen) atoms. The Morgan fingerprint density at radius 1 is 0.667 bits per heavy atom. The summed E-state index contributed by atoms with van der Waals surface area (Å²) in [6, 6.07) is 15.6. The van der Waals surface area contributed by atoms with E-state index in [9.17, 15) is 10.2 Å². The zero-order valence-electron chi connectivity index (χ0n) is 11.5. The predicted molar refractivity (Wildman–Crippen MR) is 87.0 cm³/mol. The van der Waals surface area contributed by atoms with E-state index in [1.54, 1.807) is 0 Å². The van der Waals surface area contributed by atoms with Gasteiger partial charge in [0.25, 0.3) is 0 Å². The Bertz CT molecular complexity index is 501. The largest absolute Gasteiger partial charge is 0.387 e. The second-order valence-electron chi connectivity index (χ2n) is 5.00. The molecule has 2 N–H and O–H groups in total. The highest BCUT2D eigenvalue weighted by molar-refractivity contribution is 6.18. The third kappa shape index (κ3) is 4.45. The van der Waals surface area contributed by atoms with Gasteiger partial charge in [-0.1, -0.05) is 48.5 Å². The van der Waals surface area contributed by atoms with Crippen LogP contribution in [0.4, 0.5) is 0 Å². The van der Waals surface area contributed by atoms with Crippen LogP contribution in [0, 0.1) is 0 Å². The van der Waals surface area contributed by atoms with Gasteiger partial charge in [-0.2, -0.15) is 0 Å². The van der Waals surface area contributed by atoms with E-state index in [-0.39, 0.29) is 11.8 Å². The number of aliphatic hydroxyl groups is 2. The summed E-state index contributed by atoms with van der Waals surface area (Å²) in [5, 5.41) is 19.3. The highest BCUT2D eigenvalue weighted by Gasteiger charge is 2.07. The zero-order valence-corrected chi connectivity index (χ0v) is 13.1. The van der Waals surface area contributed by atoms with Crippen molar-refractivity contribution < 1.29 is 10.2 Å². The lowest BCUT2D eigenvalue weighted by atomic mass is 10.0. The van der Waals surface area contributed by atoms with E-state index >= 15 is 0 Å². The predicted octanol–water partition coefficient (Wildman–Crippen LogP) is 3.82. The standard InChI is InChI=1S/C17H18Cl2O2/c18-10-16(20)14-5-1-12(2-6-14)9-13-3-7-15(8-4-13)17(21)11-19/h1-8,16-17,20-21H,9-11H2. The lowest BCUT2D eigenvalue weighted by Crippen LogP contribution is -1.99. The first-order valence-corrected chi connectivity index (χ1v) is 7.86. The first kappa shape index (κ1) is 16.3. The maximum absolute atomic E-state index is 9.65. The van der Waals surface area contributed by atoms with Crippen molar-refractivity contribution in [2.45, 2.75) is 18.6 Å². The highest BCUT2D eigenvalue weighted by atomic mass is 35.5. The third-order valence-corrected chi connectivity index (χ3v) is 4.01. The SMILES string of the molecule is OC(CCl)c1ccc(Cc2ccc(C(O)CCl)cc2)cc1. The maximum atomic E-state index is 9.65. The van der Waals surface area contributed by atoms with Gasteiger partial charge in [0, 0.05) is 0 Å². The number of halogens is 2. The van der Waals surface area contributed by atoms with Crippen molar-refractivity contribution in [3.63, 3.8) is 0 Å². The second kappa shape index (κ2) is 7.81. The number of aliphatic hydroxyl groups excluding tert-OH is 2. The first-order valence-electron chi connectivity index (χ1n) is 6.79. The van der Waals surface area contributed by atoms with Gasteiger partial charge in [0.2, 0.25) is 0 Å². The van der Waals surface area contributed by atoms with Crippen molar-refractivity contribution in [3.8, 4) is 0 Å². The number of hydrogen-bond acceptors (Lipinski definition) is 2. The molecule has 2 nitrogen and oxygen atoms in total. The Balaban J connectivity index is 2.04. The van der Waals surface area contributed by atoms with Crippen molar-refractivity contribution in [2.75, 3.05) is 11.8 Å². The zero-order chi connectivity index (χ0) is 15.2. The average molecular weight is 325 g/mol. The molecule has 0 radical (unpaired) electrons. The molecule has 0 aliphatic rings. The summed E-state index contributed by atoms with van der Waals surface area (Å²) in [5.74, 6) is 0.396. The molecular weight excluding hydrogens is 307 g/mol. The van der Waals surface area contributed by atoms with Crippen LogP contribution in [0.5, 0.6) is 0 Å². The smallest absolute Gasteiger partial charge is 0.0925 e. The summed E-state index contributed by atoms with van der Waals surface area (Å²) in [6.45, 7) is 0. The normalized spacial score (nSPS) is 13.9. The van der Waals surface area contributed by atoms with Crippen LogP contribution in [0.2, 0.25) is 0 Å². The monoisotopic (exact) mass is 324 g/mol. The van der Waals surface area contributed by atoms with Gasteiger partial charge in [-0.15, -0.1) is 23.2 Å². The van der Waals surface area contributed by atoms with Crippen LogP contribution in [-0.2, 0) is 6.42 Å². The lowest BCUT2D eigenvalue weighted by Gasteiger charge is -2.10. The van der Waals surface area contributed by atoms with Crippen LogP contribution >= 0.6 is 23.2 Å². The summed E-state index contributed by atoms with van der Waals surface area (Å²) in [5.41, 5.74) is 3.97. The molecular formula is C17H18Cl2O2. The molecule has 2 rings (SSSR count). The Morgan fingerprint density at radius 3 is 1.29 bits per heavy atom. The van der Waals surface area contributed by atoms with Gasteiger partial charge in [-0.3, -0.25) is 0 Å². The van der Waals surface area contributed by atoms with Gasteiger partial charge in [-0.05, 0) is 28.7 Å². The Hall–Kier alpha value is -1.06. The third-order valence-electron chi connectivity index (χ3n) is 3.43. The molecule has 4 heteroatoms. The lowest BCUT2D eigenvalue weighted by molar-refractivity contribution is 0.202. The van der Waals surface area contributed by atoms with E-state index in [2.05, 4.69) is 0 Å². The van der Waals surface area contributed by atoms with E-state index in [1.807, 2.05) is 48.5 Å². The molecule has 0 aliphatic heterocycles. The van der Waals surface area contributed by atoms with Crippen LogP contribution in [0.25, 0.3) is 0 Å². The Morgan fingerprint density at radius 2 is 1.00 bits per heavy atom. The summed E-state index contributed by atoms with van der Waals surface area (Å²) in [4.78, 5) is 0. The molecule has 0 spiro atoms. The van der Waals surface area contributed by atoms with E-state index in [4.69, 9.17) is 23.2 Å². The molecule has 2 unspecified atom stereocenters. The van der Waals surface area contributed by atoms with Crippen molar-refractivity contribution in [3.05, 3.63) is 70.8 Å². The Kier molecular flexibility index (Phi) is 6.07. The molecule has 2 aromatic rings. The van der Waals surface area contributed by atoms with Crippen LogP contribution < -0.4 is 0 Å². The van der Waals surface area contributed by atoms with Crippen molar-refractivity contribution in [1.29, 1.82) is 0 Å². The quantitative estimate of drug-likeness (QED) is 0.793. The number of hydrogen-bond donors (Lipinski definition) is 2. The van der Waals surface area contributed by atoms with Crippen molar-refractivity contribution >= 4 is 23.2 Å². The average Bonchev–Trinajstić information content (AvgIpc) is 2.55. The molecule has 0 amide bonds. The summed E-state index contributed by atoms with van der Waals surface area (Å²) in [6.07, 6.45) is -0.428. The van der Waals surface area contributed by atoms with Crippen LogP contribution in [0.15, 0.2) is 48.5 Å².